The van der Waals surface area contributed by atoms with Gasteiger partial charge < -0.3 is 4.90 Å². The average Bonchev–Trinajstić information content (AvgIpc) is 2.24. The third-order valence-electron chi connectivity index (χ3n) is 2.38. The molecule has 16 heavy (non-hydrogen) atoms. The van der Waals surface area contributed by atoms with E-state index in [0.29, 0.717) is 11.1 Å². The van der Waals surface area contributed by atoms with Gasteiger partial charge in [0.05, 0.1) is 0 Å². The molecule has 0 saturated carbocycles. The first-order valence-corrected chi connectivity index (χ1v) is 7.05. The van der Waals surface area contributed by atoms with Crippen molar-refractivity contribution < 1.29 is 0 Å². The lowest BCUT2D eigenvalue weighted by atomic mass is 10.1. The fraction of sp³-hybridized carbons (Fsp3) is 0.636. The lowest BCUT2D eigenvalue weighted by molar-refractivity contribution is 0.820. The van der Waals surface area contributed by atoms with Crippen LogP contribution in [0.1, 0.15) is 25.3 Å². The number of hydrogen-bond donors (Lipinski definition) is 0. The number of aromatic nitrogens is 2. The summed E-state index contributed by atoms with van der Waals surface area (Å²) >= 11 is 7.94. The fourth-order valence-corrected chi connectivity index (χ4v) is 2.30. The minimum absolute atomic E-state index is 0.334. The quantitative estimate of drug-likeness (QED) is 0.760. The number of nitrogens with zero attached hydrogens (tertiary/aromatic N) is 3. The number of hydrogen-bond acceptors (Lipinski definition) is 4. The first-order chi connectivity index (χ1) is 7.57. The second-order valence-corrected chi connectivity index (χ2v) is 5.31. The van der Waals surface area contributed by atoms with E-state index in [1.54, 1.807) is 0 Å². The van der Waals surface area contributed by atoms with Gasteiger partial charge in [-0.15, -0.1) is 0 Å². The highest BCUT2D eigenvalue weighted by atomic mass is 35.5. The summed E-state index contributed by atoms with van der Waals surface area (Å²) in [6.45, 7) is 5.18. The Morgan fingerprint density at radius 2 is 2.12 bits per heavy atom. The van der Waals surface area contributed by atoms with Crippen LogP contribution >= 0.6 is 23.4 Å². The summed E-state index contributed by atoms with van der Waals surface area (Å²) in [6, 6.07) is 0. The van der Waals surface area contributed by atoms with Gasteiger partial charge in [-0.3, -0.25) is 0 Å². The van der Waals surface area contributed by atoms with E-state index in [0.717, 1.165) is 23.7 Å². The van der Waals surface area contributed by atoms with Gasteiger partial charge in [0, 0.05) is 24.9 Å². The van der Waals surface area contributed by atoms with E-state index in [2.05, 4.69) is 35.0 Å². The van der Waals surface area contributed by atoms with Crippen LogP contribution in [0.2, 0.25) is 5.15 Å². The maximum atomic E-state index is 6.12. The molecule has 90 valence electrons. The minimum atomic E-state index is 0.334. The van der Waals surface area contributed by atoms with E-state index < -0.39 is 0 Å². The highest BCUT2D eigenvalue weighted by Crippen LogP contribution is 2.29. The van der Waals surface area contributed by atoms with Crippen LogP contribution in [0.4, 0.5) is 5.82 Å². The second-order valence-electron chi connectivity index (χ2n) is 3.97. The van der Waals surface area contributed by atoms with Crippen LogP contribution in [0.5, 0.6) is 0 Å². The first kappa shape index (κ1) is 13.6. The van der Waals surface area contributed by atoms with Gasteiger partial charge in [-0.05, 0) is 12.2 Å². The normalized spacial score (nSPS) is 10.9. The zero-order valence-electron chi connectivity index (χ0n) is 10.2. The molecule has 0 aliphatic rings. The molecule has 0 spiro atoms. The van der Waals surface area contributed by atoms with E-state index in [1.165, 1.54) is 6.33 Å². The Kier molecular flexibility index (Phi) is 5.35. The molecule has 0 atom stereocenters. The zero-order valence-corrected chi connectivity index (χ0v) is 11.8. The Labute approximate surface area is 107 Å². The standard InChI is InChI=1S/C11H18ClN3S/c1-8(2)9-10(12)13-7-14-11(9)15(3)5-6-16-4/h7-8H,5-6H2,1-4H3. The Morgan fingerprint density at radius 1 is 1.44 bits per heavy atom. The van der Waals surface area contributed by atoms with E-state index in [9.17, 15) is 0 Å². The van der Waals surface area contributed by atoms with Crippen LogP contribution in [0.15, 0.2) is 6.33 Å². The summed E-state index contributed by atoms with van der Waals surface area (Å²) in [5.41, 5.74) is 1.03. The maximum Gasteiger partial charge on any atom is 0.138 e. The summed E-state index contributed by atoms with van der Waals surface area (Å²) in [6.07, 6.45) is 3.63. The van der Waals surface area contributed by atoms with Gasteiger partial charge in [0.2, 0.25) is 0 Å². The SMILES string of the molecule is CSCCN(C)c1ncnc(Cl)c1C(C)C. The third-order valence-corrected chi connectivity index (χ3v) is 3.28. The Balaban J connectivity index is 2.98. The van der Waals surface area contributed by atoms with Gasteiger partial charge >= 0.3 is 0 Å². The van der Waals surface area contributed by atoms with Gasteiger partial charge in [-0.1, -0.05) is 25.4 Å². The van der Waals surface area contributed by atoms with E-state index in [-0.39, 0.29) is 0 Å². The van der Waals surface area contributed by atoms with Crippen LogP contribution < -0.4 is 4.90 Å². The third kappa shape index (κ3) is 3.25. The average molecular weight is 260 g/mol. The van der Waals surface area contributed by atoms with Crippen molar-refractivity contribution in [3.8, 4) is 0 Å². The van der Waals surface area contributed by atoms with E-state index in [4.69, 9.17) is 11.6 Å². The number of rotatable bonds is 5. The van der Waals surface area contributed by atoms with Crippen molar-refractivity contribution in [3.63, 3.8) is 0 Å². The Hall–Kier alpha value is -0.480. The Bertz CT molecular complexity index is 344. The van der Waals surface area contributed by atoms with Crippen molar-refractivity contribution in [2.24, 2.45) is 0 Å². The number of anilines is 1. The summed E-state index contributed by atoms with van der Waals surface area (Å²) in [7, 11) is 2.04. The molecule has 0 unspecified atom stereocenters. The van der Waals surface area contributed by atoms with Gasteiger partial charge in [-0.2, -0.15) is 11.8 Å². The summed E-state index contributed by atoms with van der Waals surface area (Å²) < 4.78 is 0. The molecule has 0 amide bonds. The van der Waals surface area contributed by atoms with Crippen molar-refractivity contribution in [2.45, 2.75) is 19.8 Å². The summed E-state index contributed by atoms with van der Waals surface area (Å²) in [5, 5.41) is 0.566. The zero-order chi connectivity index (χ0) is 12.1. The van der Waals surface area contributed by atoms with Crippen molar-refractivity contribution in [2.75, 3.05) is 30.5 Å². The molecule has 0 aliphatic carbocycles. The highest BCUT2D eigenvalue weighted by Gasteiger charge is 2.16. The van der Waals surface area contributed by atoms with Crippen LogP contribution in [-0.2, 0) is 0 Å². The topological polar surface area (TPSA) is 29.0 Å². The van der Waals surface area contributed by atoms with Crippen LogP contribution in [-0.4, -0.2) is 35.6 Å². The molecule has 0 N–H and O–H groups in total. The molecule has 5 heteroatoms. The lowest BCUT2D eigenvalue weighted by Gasteiger charge is -2.22. The predicted molar refractivity (Wildman–Crippen MR) is 72.8 cm³/mol. The van der Waals surface area contributed by atoms with Gasteiger partial charge in [0.15, 0.2) is 0 Å². The maximum absolute atomic E-state index is 6.12. The molecule has 0 fully saturated rings. The van der Waals surface area contributed by atoms with Gasteiger partial charge in [0.1, 0.15) is 17.3 Å². The molecule has 0 aliphatic heterocycles. The molecule has 0 bridgehead atoms. The molecular weight excluding hydrogens is 242 g/mol. The molecule has 1 heterocycles. The summed E-state index contributed by atoms with van der Waals surface area (Å²) in [5.74, 6) is 2.36. The molecule has 0 saturated heterocycles. The first-order valence-electron chi connectivity index (χ1n) is 5.28. The largest absolute Gasteiger partial charge is 0.358 e. The van der Waals surface area contributed by atoms with Crippen molar-refractivity contribution in [1.82, 2.24) is 9.97 Å². The highest BCUT2D eigenvalue weighted by molar-refractivity contribution is 7.98. The lowest BCUT2D eigenvalue weighted by Crippen LogP contribution is -2.23. The monoisotopic (exact) mass is 259 g/mol. The molecule has 0 radical (unpaired) electrons. The molecule has 3 nitrogen and oxygen atoms in total. The van der Waals surface area contributed by atoms with Crippen LogP contribution in [0, 0.1) is 0 Å². The van der Waals surface area contributed by atoms with Crippen LogP contribution in [0.3, 0.4) is 0 Å². The number of thioether (sulfide) groups is 1. The second kappa shape index (κ2) is 6.30. The smallest absolute Gasteiger partial charge is 0.138 e. The van der Waals surface area contributed by atoms with E-state index in [1.807, 2.05) is 18.8 Å². The molecule has 1 aromatic heterocycles. The Morgan fingerprint density at radius 3 is 2.69 bits per heavy atom. The van der Waals surface area contributed by atoms with Crippen molar-refractivity contribution in [1.29, 1.82) is 0 Å². The summed E-state index contributed by atoms with van der Waals surface area (Å²) in [4.78, 5) is 10.5. The van der Waals surface area contributed by atoms with Crippen molar-refractivity contribution >= 4 is 29.2 Å². The predicted octanol–water partition coefficient (Wildman–Crippen LogP) is 3.05. The fourth-order valence-electron chi connectivity index (χ4n) is 1.50. The van der Waals surface area contributed by atoms with Crippen molar-refractivity contribution in [3.05, 3.63) is 17.0 Å². The van der Waals surface area contributed by atoms with Crippen LogP contribution in [0.25, 0.3) is 0 Å². The molecule has 0 aromatic carbocycles. The number of halogens is 1. The van der Waals surface area contributed by atoms with E-state index >= 15 is 0 Å². The molecular formula is C11H18ClN3S. The minimum Gasteiger partial charge on any atom is -0.358 e. The van der Waals surface area contributed by atoms with Gasteiger partial charge in [0.25, 0.3) is 0 Å². The molecule has 1 rings (SSSR count). The van der Waals surface area contributed by atoms with Gasteiger partial charge in [-0.25, -0.2) is 9.97 Å². The molecule has 1 aromatic rings.